The van der Waals surface area contributed by atoms with Gasteiger partial charge >= 0.3 is 0 Å². The minimum Gasteiger partial charge on any atom is -0.339 e. The van der Waals surface area contributed by atoms with E-state index >= 15 is 0 Å². The van der Waals surface area contributed by atoms with Gasteiger partial charge in [0.15, 0.2) is 5.13 Å². The van der Waals surface area contributed by atoms with E-state index in [0.29, 0.717) is 24.1 Å². The van der Waals surface area contributed by atoms with Crippen LogP contribution in [0.15, 0.2) is 29.6 Å². The van der Waals surface area contributed by atoms with Gasteiger partial charge in [0, 0.05) is 30.0 Å². The molecule has 130 valence electrons. The van der Waals surface area contributed by atoms with Gasteiger partial charge in [-0.05, 0) is 24.8 Å². The quantitative estimate of drug-likeness (QED) is 0.895. The summed E-state index contributed by atoms with van der Waals surface area (Å²) in [5, 5.41) is 5.43. The second-order valence-electron chi connectivity index (χ2n) is 6.76. The second kappa shape index (κ2) is 6.59. The third-order valence-corrected chi connectivity index (χ3v) is 5.67. The Bertz CT molecular complexity index is 795. The highest BCUT2D eigenvalue weighted by Crippen LogP contribution is 2.33. The molecule has 2 aliphatic rings. The topological polar surface area (TPSA) is 62.3 Å². The molecule has 1 aliphatic heterocycles. The number of likely N-dealkylation sites (tertiary alicyclic amines) is 1. The van der Waals surface area contributed by atoms with Crippen LogP contribution >= 0.6 is 11.3 Å². The first-order valence-corrected chi connectivity index (χ1v) is 9.67. The van der Waals surface area contributed by atoms with Gasteiger partial charge in [-0.15, -0.1) is 11.3 Å². The van der Waals surface area contributed by atoms with Gasteiger partial charge in [-0.1, -0.05) is 31.2 Å². The number of thiazole rings is 1. The maximum atomic E-state index is 12.5. The Labute approximate surface area is 151 Å². The summed E-state index contributed by atoms with van der Waals surface area (Å²) in [4.78, 5) is 30.8. The molecule has 2 fully saturated rings. The smallest absolute Gasteiger partial charge is 0.231 e. The number of aromatic nitrogens is 1. The van der Waals surface area contributed by atoms with Crippen molar-refractivity contribution < 1.29 is 9.59 Å². The molecule has 1 aromatic carbocycles. The summed E-state index contributed by atoms with van der Waals surface area (Å²) >= 11 is 1.42. The number of carbonyl (C=O) groups is 2. The molecule has 1 saturated carbocycles. The number of hydrogen-bond donors (Lipinski definition) is 1. The molecule has 5 nitrogen and oxygen atoms in total. The van der Waals surface area contributed by atoms with E-state index in [1.165, 1.54) is 16.9 Å². The molecule has 1 saturated heterocycles. The average molecular weight is 355 g/mol. The molecule has 1 aliphatic carbocycles. The molecule has 4 rings (SSSR count). The van der Waals surface area contributed by atoms with Crippen molar-refractivity contribution in [3.8, 4) is 11.3 Å². The van der Waals surface area contributed by atoms with Crippen molar-refractivity contribution in [2.45, 2.75) is 38.6 Å². The summed E-state index contributed by atoms with van der Waals surface area (Å²) in [6.45, 7) is 2.68. The molecule has 0 spiro atoms. The van der Waals surface area contributed by atoms with Gasteiger partial charge in [-0.2, -0.15) is 0 Å². The van der Waals surface area contributed by atoms with Gasteiger partial charge in [0.2, 0.25) is 11.8 Å². The van der Waals surface area contributed by atoms with Crippen LogP contribution in [0.2, 0.25) is 0 Å². The Hall–Kier alpha value is -2.21. The van der Waals surface area contributed by atoms with E-state index < -0.39 is 0 Å². The van der Waals surface area contributed by atoms with E-state index in [9.17, 15) is 9.59 Å². The van der Waals surface area contributed by atoms with E-state index in [1.807, 2.05) is 10.3 Å². The minimum absolute atomic E-state index is 0.0984. The van der Waals surface area contributed by atoms with Crippen molar-refractivity contribution in [1.29, 1.82) is 0 Å². The molecular weight excluding hydrogens is 334 g/mol. The minimum atomic E-state index is -0.260. The van der Waals surface area contributed by atoms with Crippen LogP contribution in [0.25, 0.3) is 11.3 Å². The van der Waals surface area contributed by atoms with Crippen LogP contribution in [-0.4, -0.2) is 34.3 Å². The molecule has 25 heavy (non-hydrogen) atoms. The number of aryl methyl sites for hydroxylation is 1. The molecule has 0 radical (unpaired) electrons. The van der Waals surface area contributed by atoms with Crippen LogP contribution in [0.1, 0.15) is 31.7 Å². The zero-order chi connectivity index (χ0) is 17.4. The molecule has 2 heterocycles. The summed E-state index contributed by atoms with van der Waals surface area (Å²) < 4.78 is 0. The zero-order valence-corrected chi connectivity index (χ0v) is 15.0. The van der Waals surface area contributed by atoms with Crippen LogP contribution in [0.5, 0.6) is 0 Å². The van der Waals surface area contributed by atoms with Gasteiger partial charge in [-0.3, -0.25) is 9.59 Å². The highest BCUT2D eigenvalue weighted by molar-refractivity contribution is 7.14. The summed E-state index contributed by atoms with van der Waals surface area (Å²) in [7, 11) is 0. The molecule has 1 N–H and O–H groups in total. The summed E-state index contributed by atoms with van der Waals surface area (Å²) in [5.74, 6) is -0.249. The number of nitrogens with one attached hydrogen (secondary N) is 1. The van der Waals surface area contributed by atoms with Crippen LogP contribution in [0, 0.1) is 5.92 Å². The van der Waals surface area contributed by atoms with Crippen molar-refractivity contribution >= 4 is 28.3 Å². The van der Waals surface area contributed by atoms with E-state index in [-0.39, 0.29) is 17.7 Å². The number of hydrogen-bond acceptors (Lipinski definition) is 4. The lowest BCUT2D eigenvalue weighted by Crippen LogP contribution is -2.29. The molecule has 1 atom stereocenters. The Morgan fingerprint density at radius 2 is 2.08 bits per heavy atom. The third kappa shape index (κ3) is 3.44. The molecular formula is C19H21N3O2S. The highest BCUT2D eigenvalue weighted by Gasteiger charge is 2.41. The number of carbonyl (C=O) groups excluding carboxylic acids is 2. The van der Waals surface area contributed by atoms with Crippen LogP contribution in [-0.2, 0) is 16.0 Å². The van der Waals surface area contributed by atoms with E-state index in [4.69, 9.17) is 0 Å². The number of benzene rings is 1. The van der Waals surface area contributed by atoms with Crippen LogP contribution in [0.4, 0.5) is 5.13 Å². The van der Waals surface area contributed by atoms with Crippen LogP contribution in [0.3, 0.4) is 0 Å². The molecule has 0 bridgehead atoms. The SMILES string of the molecule is CCc1ccc(-c2csc(NC(=O)[C@@H]3CC(=O)N(C4CC4)C3)n2)cc1. The Kier molecular flexibility index (Phi) is 4.29. The van der Waals surface area contributed by atoms with Crippen LogP contribution < -0.4 is 5.32 Å². The number of nitrogens with zero attached hydrogens (tertiary/aromatic N) is 2. The Balaban J connectivity index is 1.40. The predicted octanol–water partition coefficient (Wildman–Crippen LogP) is 3.32. The maximum absolute atomic E-state index is 12.5. The largest absolute Gasteiger partial charge is 0.339 e. The average Bonchev–Trinajstić information content (AvgIpc) is 3.24. The fourth-order valence-corrected chi connectivity index (χ4v) is 3.95. The normalized spacial score (nSPS) is 20.1. The van der Waals surface area contributed by atoms with E-state index in [0.717, 1.165) is 30.5 Å². The summed E-state index contributed by atoms with van der Waals surface area (Å²) in [5.41, 5.74) is 3.20. The first-order chi connectivity index (χ1) is 12.1. The Morgan fingerprint density at radius 3 is 2.76 bits per heavy atom. The second-order valence-corrected chi connectivity index (χ2v) is 7.61. The lowest BCUT2D eigenvalue weighted by molar-refractivity contribution is -0.128. The van der Waals surface area contributed by atoms with Crippen molar-refractivity contribution in [2.24, 2.45) is 5.92 Å². The molecule has 2 amide bonds. The lowest BCUT2D eigenvalue weighted by Gasteiger charge is -2.14. The fraction of sp³-hybridized carbons (Fsp3) is 0.421. The molecule has 6 heteroatoms. The number of anilines is 1. The zero-order valence-electron chi connectivity index (χ0n) is 14.2. The monoisotopic (exact) mass is 355 g/mol. The number of rotatable bonds is 5. The molecule has 2 aromatic rings. The van der Waals surface area contributed by atoms with Gasteiger partial charge in [-0.25, -0.2) is 4.98 Å². The summed E-state index contributed by atoms with van der Waals surface area (Å²) in [6, 6.07) is 8.70. The van der Waals surface area contributed by atoms with Gasteiger partial charge in [0.1, 0.15) is 0 Å². The Morgan fingerprint density at radius 1 is 1.32 bits per heavy atom. The lowest BCUT2D eigenvalue weighted by atomic mass is 10.1. The van der Waals surface area contributed by atoms with Crippen molar-refractivity contribution in [3.05, 3.63) is 35.2 Å². The number of amides is 2. The van der Waals surface area contributed by atoms with Gasteiger partial charge < -0.3 is 10.2 Å². The fourth-order valence-electron chi connectivity index (χ4n) is 3.23. The molecule has 0 unspecified atom stereocenters. The molecule has 1 aromatic heterocycles. The van der Waals surface area contributed by atoms with Crippen molar-refractivity contribution in [1.82, 2.24) is 9.88 Å². The predicted molar refractivity (Wildman–Crippen MR) is 98.4 cm³/mol. The third-order valence-electron chi connectivity index (χ3n) is 4.91. The first kappa shape index (κ1) is 16.3. The highest BCUT2D eigenvalue weighted by atomic mass is 32.1. The van der Waals surface area contributed by atoms with E-state index in [1.54, 1.807) is 0 Å². The van der Waals surface area contributed by atoms with Gasteiger partial charge in [0.05, 0.1) is 11.6 Å². The first-order valence-electron chi connectivity index (χ1n) is 8.79. The van der Waals surface area contributed by atoms with E-state index in [2.05, 4.69) is 41.5 Å². The van der Waals surface area contributed by atoms with Gasteiger partial charge in [0.25, 0.3) is 0 Å². The van der Waals surface area contributed by atoms with Crippen molar-refractivity contribution in [2.75, 3.05) is 11.9 Å². The maximum Gasteiger partial charge on any atom is 0.231 e. The standard InChI is InChI=1S/C19H21N3O2S/c1-2-12-3-5-13(6-4-12)16-11-25-19(20-16)21-18(24)14-9-17(23)22(10-14)15-7-8-15/h3-6,11,14-15H,2,7-10H2,1H3,(H,20,21,24)/t14-/m1/s1. The van der Waals surface area contributed by atoms with Crippen molar-refractivity contribution in [3.63, 3.8) is 0 Å². The summed E-state index contributed by atoms with van der Waals surface area (Å²) in [6.07, 6.45) is 3.48.